The Morgan fingerprint density at radius 2 is 0.882 bits per heavy atom. The lowest BCUT2D eigenvalue weighted by Gasteiger charge is -2.30. The van der Waals surface area contributed by atoms with Gasteiger partial charge in [0.15, 0.2) is 0 Å². The molecule has 0 saturated heterocycles. The van der Waals surface area contributed by atoms with Crippen LogP contribution in [0.2, 0.25) is 0 Å². The molecule has 0 amide bonds. The predicted octanol–water partition coefficient (Wildman–Crippen LogP) is 18.0. The van der Waals surface area contributed by atoms with Crippen LogP contribution in [0.4, 0.5) is 34.1 Å². The lowest BCUT2D eigenvalue weighted by molar-refractivity contribution is 0.660. The number of fused-ring (bicyclic) bond motifs is 9. The van der Waals surface area contributed by atoms with E-state index in [4.69, 9.17) is 0 Å². The first-order valence-electron chi connectivity index (χ1n) is 23.6. The minimum atomic E-state index is -0.135. The number of hydrogen-bond donors (Lipinski definition) is 0. The van der Waals surface area contributed by atoms with Crippen LogP contribution in [0.3, 0.4) is 0 Å². The molecule has 0 bridgehead atoms. The van der Waals surface area contributed by atoms with E-state index in [1.165, 1.54) is 76.7 Å². The summed E-state index contributed by atoms with van der Waals surface area (Å²) < 4.78 is 2.41. The largest absolute Gasteiger partial charge is 0.310 e. The van der Waals surface area contributed by atoms with Crippen LogP contribution in [0, 0.1) is 0 Å². The third kappa shape index (κ3) is 6.35. The maximum absolute atomic E-state index is 2.42. The van der Waals surface area contributed by atoms with E-state index in [1.807, 2.05) is 0 Å². The summed E-state index contributed by atoms with van der Waals surface area (Å²) >= 11 is 0. The van der Waals surface area contributed by atoms with E-state index >= 15 is 0 Å². The topological polar surface area (TPSA) is 11.4 Å². The fraction of sp³-hybridized carbons (Fsp3) is 0.0462. The maximum atomic E-state index is 2.42. The van der Waals surface area contributed by atoms with Crippen molar-refractivity contribution in [1.29, 1.82) is 0 Å². The van der Waals surface area contributed by atoms with Gasteiger partial charge in [-0.3, -0.25) is 0 Å². The molecule has 3 heteroatoms. The second-order valence-electron chi connectivity index (χ2n) is 18.6. The monoisotopic (exact) mass is 869 g/mol. The van der Waals surface area contributed by atoms with Gasteiger partial charge in [0.25, 0.3) is 0 Å². The molecular weight excluding hydrogens is 823 g/mol. The Morgan fingerprint density at radius 1 is 0.338 bits per heavy atom. The smallest absolute Gasteiger partial charge is 0.0547 e. The van der Waals surface area contributed by atoms with Crippen LogP contribution in [0.15, 0.2) is 249 Å². The minimum Gasteiger partial charge on any atom is -0.310 e. The second kappa shape index (κ2) is 15.8. The number of nitrogens with zero attached hydrogens (tertiary/aromatic N) is 3. The van der Waals surface area contributed by atoms with E-state index in [-0.39, 0.29) is 5.41 Å². The normalized spacial score (nSPS) is 12.7. The zero-order valence-corrected chi connectivity index (χ0v) is 38.0. The van der Waals surface area contributed by atoms with Gasteiger partial charge in [0, 0.05) is 55.7 Å². The van der Waals surface area contributed by atoms with Crippen LogP contribution < -0.4 is 9.80 Å². The molecule has 0 unspecified atom stereocenters. The molecule has 0 N–H and O–H groups in total. The van der Waals surface area contributed by atoms with Crippen molar-refractivity contribution in [2.75, 3.05) is 9.80 Å². The Hall–Kier alpha value is -8.66. The fourth-order valence-electron chi connectivity index (χ4n) is 11.1. The quantitative estimate of drug-likeness (QED) is 0.151. The van der Waals surface area contributed by atoms with E-state index in [9.17, 15) is 0 Å². The Balaban J connectivity index is 0.939. The molecule has 0 fully saturated rings. The minimum absolute atomic E-state index is 0.135. The van der Waals surface area contributed by atoms with Crippen LogP contribution in [-0.4, -0.2) is 4.57 Å². The van der Waals surface area contributed by atoms with Crippen molar-refractivity contribution in [3.63, 3.8) is 0 Å². The highest BCUT2D eigenvalue weighted by atomic mass is 15.2. The molecule has 0 aliphatic heterocycles. The molecule has 3 nitrogen and oxygen atoms in total. The number of hydrogen-bond acceptors (Lipinski definition) is 2. The number of para-hydroxylation sites is 2. The van der Waals surface area contributed by atoms with Crippen LogP contribution >= 0.6 is 0 Å². The summed E-state index contributed by atoms with van der Waals surface area (Å²) in [6, 6.07) is 91.1. The Kier molecular flexibility index (Phi) is 9.19. The van der Waals surface area contributed by atoms with Crippen molar-refractivity contribution in [3.8, 4) is 27.9 Å². The van der Waals surface area contributed by atoms with Gasteiger partial charge in [-0.2, -0.15) is 0 Å². The first-order valence-corrected chi connectivity index (χ1v) is 23.6. The number of benzene rings is 11. The van der Waals surface area contributed by atoms with Crippen molar-refractivity contribution in [2.45, 2.75) is 19.3 Å². The highest BCUT2D eigenvalue weighted by Gasteiger charge is 2.36. The van der Waals surface area contributed by atoms with Crippen LogP contribution in [-0.2, 0) is 5.41 Å². The summed E-state index contributed by atoms with van der Waals surface area (Å²) in [5, 5.41) is 7.47. The standard InChI is InChI=1S/C65H47N3/c1-65(2)59-26-14-13-25-56(59)57-39-38-53(43-60(57)65)66(51-34-36-52(37-35-51)67(48-19-5-3-6-20-48)61-27-15-18-45-16-9-11-23-54(45)61)50-32-28-44(29-33-50)47-31-40-62-58(42-47)64-55-24-12-10-17-46(55)30-41-63(64)68(62)49-21-7-4-8-22-49/h3-43H,1-2H3. The van der Waals surface area contributed by atoms with Gasteiger partial charge >= 0.3 is 0 Å². The third-order valence-electron chi connectivity index (χ3n) is 14.3. The summed E-state index contributed by atoms with van der Waals surface area (Å²) in [6.45, 7) is 4.72. The van der Waals surface area contributed by atoms with Gasteiger partial charge in [-0.15, -0.1) is 0 Å². The number of rotatable bonds is 8. The van der Waals surface area contributed by atoms with Crippen molar-refractivity contribution in [1.82, 2.24) is 4.57 Å². The third-order valence-corrected chi connectivity index (χ3v) is 14.3. The number of anilines is 6. The van der Waals surface area contributed by atoms with Crippen molar-refractivity contribution in [2.24, 2.45) is 0 Å². The first-order chi connectivity index (χ1) is 33.5. The van der Waals surface area contributed by atoms with Gasteiger partial charge in [0.1, 0.15) is 0 Å². The first kappa shape index (κ1) is 39.7. The van der Waals surface area contributed by atoms with Crippen molar-refractivity contribution >= 4 is 77.5 Å². The Labute approximate surface area is 397 Å². The average molecular weight is 870 g/mol. The lowest BCUT2D eigenvalue weighted by Crippen LogP contribution is -2.16. The molecule has 12 aromatic rings. The van der Waals surface area contributed by atoms with Gasteiger partial charge in [-0.25, -0.2) is 0 Å². The van der Waals surface area contributed by atoms with Gasteiger partial charge < -0.3 is 14.4 Å². The summed E-state index contributed by atoms with van der Waals surface area (Å²) in [5.74, 6) is 0. The molecule has 322 valence electrons. The molecule has 0 saturated carbocycles. The highest BCUT2D eigenvalue weighted by molar-refractivity contribution is 6.22. The van der Waals surface area contributed by atoms with E-state index in [0.717, 1.165) is 39.8 Å². The van der Waals surface area contributed by atoms with Crippen LogP contribution in [0.5, 0.6) is 0 Å². The Bertz CT molecular complexity index is 3860. The van der Waals surface area contributed by atoms with Gasteiger partial charge in [0.05, 0.1) is 16.7 Å². The summed E-state index contributed by atoms with van der Waals surface area (Å²) in [5.41, 5.74) is 17.8. The average Bonchev–Trinajstić information content (AvgIpc) is 3.85. The Morgan fingerprint density at radius 3 is 1.65 bits per heavy atom. The lowest BCUT2D eigenvalue weighted by atomic mass is 9.82. The van der Waals surface area contributed by atoms with E-state index in [2.05, 4.69) is 277 Å². The maximum Gasteiger partial charge on any atom is 0.0547 e. The van der Waals surface area contributed by atoms with E-state index in [0.29, 0.717) is 0 Å². The zero-order chi connectivity index (χ0) is 45.3. The van der Waals surface area contributed by atoms with Crippen LogP contribution in [0.25, 0.3) is 71.3 Å². The molecule has 68 heavy (non-hydrogen) atoms. The second-order valence-corrected chi connectivity index (χ2v) is 18.6. The summed E-state index contributed by atoms with van der Waals surface area (Å²) in [7, 11) is 0. The van der Waals surface area contributed by atoms with Crippen molar-refractivity contribution < 1.29 is 0 Å². The van der Waals surface area contributed by atoms with Gasteiger partial charge in [0.2, 0.25) is 0 Å². The molecule has 11 aromatic carbocycles. The summed E-state index contributed by atoms with van der Waals surface area (Å²) in [6.07, 6.45) is 0. The zero-order valence-electron chi connectivity index (χ0n) is 38.0. The molecule has 1 aliphatic rings. The number of aromatic nitrogens is 1. The SMILES string of the molecule is CC1(C)c2ccccc2-c2ccc(N(c3ccc(-c4ccc5c(c4)c4c6ccccc6ccc4n5-c4ccccc4)cc3)c3ccc(N(c4ccccc4)c4cccc5ccccc45)cc3)cc21. The molecule has 1 aromatic heterocycles. The van der Waals surface area contributed by atoms with Gasteiger partial charge in [-0.1, -0.05) is 166 Å². The molecule has 0 radical (unpaired) electrons. The fourth-order valence-corrected chi connectivity index (χ4v) is 11.1. The predicted molar refractivity (Wildman–Crippen MR) is 288 cm³/mol. The molecule has 13 rings (SSSR count). The molecular formula is C65H47N3. The van der Waals surface area contributed by atoms with E-state index in [1.54, 1.807) is 0 Å². The highest BCUT2D eigenvalue weighted by Crippen LogP contribution is 2.51. The molecule has 1 aliphatic carbocycles. The summed E-state index contributed by atoms with van der Waals surface area (Å²) in [4.78, 5) is 4.79. The molecule has 1 heterocycles. The van der Waals surface area contributed by atoms with Crippen molar-refractivity contribution in [3.05, 3.63) is 260 Å². The molecule has 0 atom stereocenters. The van der Waals surface area contributed by atoms with Crippen LogP contribution in [0.1, 0.15) is 25.0 Å². The van der Waals surface area contributed by atoms with E-state index < -0.39 is 0 Å². The van der Waals surface area contributed by atoms with Gasteiger partial charge in [-0.05, 0) is 147 Å². The molecule has 0 spiro atoms.